The van der Waals surface area contributed by atoms with Crippen LogP contribution in [0.5, 0.6) is 0 Å². The van der Waals surface area contributed by atoms with E-state index in [0.29, 0.717) is 12.0 Å². The molecule has 0 saturated heterocycles. The van der Waals surface area contributed by atoms with Crippen molar-refractivity contribution in [3.05, 3.63) is 21.9 Å². The van der Waals surface area contributed by atoms with Gasteiger partial charge in [-0.1, -0.05) is 19.8 Å². The zero-order valence-corrected chi connectivity index (χ0v) is 12.7. The summed E-state index contributed by atoms with van der Waals surface area (Å²) in [5.74, 6) is 8.25. The number of fused-ring (bicyclic) bond motifs is 1. The monoisotopic (exact) mass is 278 g/mol. The van der Waals surface area contributed by atoms with Crippen LogP contribution in [0, 0.1) is 11.8 Å². The molecule has 1 heterocycles. The fourth-order valence-electron chi connectivity index (χ4n) is 4.28. The second kappa shape index (κ2) is 5.94. The summed E-state index contributed by atoms with van der Waals surface area (Å²) < 4.78 is 0. The fourth-order valence-corrected chi connectivity index (χ4v) is 5.28. The van der Waals surface area contributed by atoms with Gasteiger partial charge >= 0.3 is 0 Å². The Morgan fingerprint density at radius 2 is 2.21 bits per heavy atom. The minimum Gasteiger partial charge on any atom is -0.271 e. The summed E-state index contributed by atoms with van der Waals surface area (Å²) in [6.07, 6.45) is 9.42. The number of aryl methyl sites for hydroxylation is 1. The normalized spacial score (nSPS) is 32.8. The van der Waals surface area contributed by atoms with E-state index >= 15 is 0 Å². The Balaban J connectivity index is 1.79. The zero-order chi connectivity index (χ0) is 13.2. The van der Waals surface area contributed by atoms with Gasteiger partial charge in [0.15, 0.2) is 0 Å². The van der Waals surface area contributed by atoms with E-state index in [2.05, 4.69) is 23.8 Å². The number of thiophene rings is 1. The quantitative estimate of drug-likeness (QED) is 0.651. The first-order chi connectivity index (χ1) is 9.29. The van der Waals surface area contributed by atoms with Crippen LogP contribution in [0.25, 0.3) is 0 Å². The molecule has 3 N–H and O–H groups in total. The van der Waals surface area contributed by atoms with Crippen LogP contribution in [0.4, 0.5) is 0 Å². The topological polar surface area (TPSA) is 38.0 Å². The van der Waals surface area contributed by atoms with Crippen molar-refractivity contribution in [2.75, 3.05) is 0 Å². The standard InChI is InChI=1S/C16H26N2S/c1-11-4-2-5-12(10-11)16(18-17)14-6-3-7-15-13(14)8-9-19-15/h8-9,11-12,14,16,18H,2-7,10,17H2,1H3. The maximum Gasteiger partial charge on any atom is 0.0307 e. The Hall–Kier alpha value is -0.380. The molecule has 106 valence electrons. The molecule has 2 aliphatic rings. The Morgan fingerprint density at radius 1 is 1.32 bits per heavy atom. The van der Waals surface area contributed by atoms with Gasteiger partial charge in [-0.3, -0.25) is 11.3 Å². The molecule has 3 rings (SSSR count). The Morgan fingerprint density at radius 3 is 3.00 bits per heavy atom. The number of nitrogens with one attached hydrogen (secondary N) is 1. The summed E-state index contributed by atoms with van der Waals surface area (Å²) in [5, 5.41) is 2.26. The molecular weight excluding hydrogens is 252 g/mol. The third-order valence-corrected chi connectivity index (χ3v) is 6.21. The fraction of sp³-hybridized carbons (Fsp3) is 0.750. The van der Waals surface area contributed by atoms with Gasteiger partial charge in [-0.05, 0) is 60.9 Å². The van der Waals surface area contributed by atoms with Gasteiger partial charge in [0.2, 0.25) is 0 Å². The molecule has 0 spiro atoms. The van der Waals surface area contributed by atoms with Crippen molar-refractivity contribution in [1.29, 1.82) is 0 Å². The van der Waals surface area contributed by atoms with Crippen LogP contribution in [0.3, 0.4) is 0 Å². The third kappa shape index (κ3) is 2.74. The van der Waals surface area contributed by atoms with Gasteiger partial charge in [0.1, 0.15) is 0 Å². The van der Waals surface area contributed by atoms with Crippen molar-refractivity contribution in [1.82, 2.24) is 5.43 Å². The van der Waals surface area contributed by atoms with Crippen molar-refractivity contribution in [2.24, 2.45) is 17.7 Å². The van der Waals surface area contributed by atoms with Gasteiger partial charge in [-0.25, -0.2) is 0 Å². The molecule has 2 aliphatic carbocycles. The van der Waals surface area contributed by atoms with Crippen molar-refractivity contribution >= 4 is 11.3 Å². The van der Waals surface area contributed by atoms with Crippen LogP contribution in [-0.4, -0.2) is 6.04 Å². The number of hydrogen-bond donors (Lipinski definition) is 2. The van der Waals surface area contributed by atoms with E-state index in [1.54, 1.807) is 10.4 Å². The molecule has 0 amide bonds. The number of rotatable bonds is 3. The highest BCUT2D eigenvalue weighted by molar-refractivity contribution is 7.10. The smallest absolute Gasteiger partial charge is 0.0307 e. The van der Waals surface area contributed by atoms with Crippen molar-refractivity contribution in [2.45, 2.75) is 63.8 Å². The Kier molecular flexibility index (Phi) is 4.25. The highest BCUT2D eigenvalue weighted by Gasteiger charge is 2.35. The summed E-state index contributed by atoms with van der Waals surface area (Å²) in [4.78, 5) is 1.61. The van der Waals surface area contributed by atoms with E-state index in [9.17, 15) is 0 Å². The molecule has 3 heteroatoms. The largest absolute Gasteiger partial charge is 0.271 e. The molecule has 1 aromatic heterocycles. The first-order valence-corrected chi connectivity index (χ1v) is 8.70. The molecule has 4 unspecified atom stereocenters. The highest BCUT2D eigenvalue weighted by Crippen LogP contribution is 2.42. The predicted octanol–water partition coefficient (Wildman–Crippen LogP) is 3.83. The van der Waals surface area contributed by atoms with Crippen LogP contribution in [0.15, 0.2) is 11.4 Å². The van der Waals surface area contributed by atoms with Crippen molar-refractivity contribution in [3.63, 3.8) is 0 Å². The molecule has 1 saturated carbocycles. The lowest BCUT2D eigenvalue weighted by Gasteiger charge is -2.39. The minimum atomic E-state index is 0.483. The SMILES string of the molecule is CC1CCCC(C(NN)C2CCCc3sccc32)C1. The number of hydrazine groups is 1. The second-order valence-electron chi connectivity index (χ2n) is 6.52. The van der Waals surface area contributed by atoms with Crippen LogP contribution < -0.4 is 11.3 Å². The van der Waals surface area contributed by atoms with Crippen molar-refractivity contribution in [3.8, 4) is 0 Å². The van der Waals surface area contributed by atoms with E-state index in [4.69, 9.17) is 5.84 Å². The molecule has 1 fully saturated rings. The molecule has 0 radical (unpaired) electrons. The predicted molar refractivity (Wildman–Crippen MR) is 82.2 cm³/mol. The third-order valence-electron chi connectivity index (χ3n) is 5.21. The lowest BCUT2D eigenvalue weighted by molar-refractivity contribution is 0.195. The van der Waals surface area contributed by atoms with Crippen LogP contribution in [-0.2, 0) is 6.42 Å². The van der Waals surface area contributed by atoms with Gasteiger partial charge < -0.3 is 0 Å². The Labute approximate surface area is 120 Å². The molecule has 19 heavy (non-hydrogen) atoms. The lowest BCUT2D eigenvalue weighted by atomic mass is 9.71. The first kappa shape index (κ1) is 13.6. The average Bonchev–Trinajstić information content (AvgIpc) is 2.89. The highest BCUT2D eigenvalue weighted by atomic mass is 32.1. The van der Waals surface area contributed by atoms with E-state index < -0.39 is 0 Å². The minimum absolute atomic E-state index is 0.483. The Bertz CT molecular complexity index is 415. The van der Waals surface area contributed by atoms with E-state index in [0.717, 1.165) is 11.8 Å². The van der Waals surface area contributed by atoms with Gasteiger partial charge in [0.05, 0.1) is 0 Å². The molecule has 0 bridgehead atoms. The van der Waals surface area contributed by atoms with Gasteiger partial charge in [0, 0.05) is 16.8 Å². The number of nitrogens with two attached hydrogens (primary N) is 1. The maximum atomic E-state index is 5.96. The molecule has 0 aromatic carbocycles. The first-order valence-electron chi connectivity index (χ1n) is 7.82. The van der Waals surface area contributed by atoms with E-state index in [-0.39, 0.29) is 0 Å². The second-order valence-corrected chi connectivity index (χ2v) is 7.52. The maximum absolute atomic E-state index is 5.96. The van der Waals surface area contributed by atoms with Crippen LogP contribution in [0.1, 0.15) is 61.8 Å². The van der Waals surface area contributed by atoms with Crippen LogP contribution >= 0.6 is 11.3 Å². The molecule has 2 nitrogen and oxygen atoms in total. The molecule has 1 aromatic rings. The van der Waals surface area contributed by atoms with Crippen molar-refractivity contribution < 1.29 is 0 Å². The van der Waals surface area contributed by atoms with Crippen LogP contribution in [0.2, 0.25) is 0 Å². The summed E-state index contributed by atoms with van der Waals surface area (Å²) in [6, 6.07) is 2.83. The molecular formula is C16H26N2S. The summed E-state index contributed by atoms with van der Waals surface area (Å²) >= 11 is 1.94. The van der Waals surface area contributed by atoms with Gasteiger partial charge in [-0.2, -0.15) is 0 Å². The summed E-state index contributed by atoms with van der Waals surface area (Å²) in [7, 11) is 0. The molecule has 4 atom stereocenters. The lowest BCUT2D eigenvalue weighted by Crippen LogP contribution is -2.47. The zero-order valence-electron chi connectivity index (χ0n) is 11.9. The number of hydrogen-bond acceptors (Lipinski definition) is 3. The molecule has 0 aliphatic heterocycles. The average molecular weight is 278 g/mol. The van der Waals surface area contributed by atoms with Gasteiger partial charge in [0.25, 0.3) is 0 Å². The summed E-state index contributed by atoms with van der Waals surface area (Å²) in [6.45, 7) is 2.40. The van der Waals surface area contributed by atoms with Gasteiger partial charge in [-0.15, -0.1) is 11.3 Å². The van der Waals surface area contributed by atoms with E-state index in [1.165, 1.54) is 44.9 Å². The van der Waals surface area contributed by atoms with E-state index in [1.807, 2.05) is 11.3 Å². The summed E-state index contributed by atoms with van der Waals surface area (Å²) in [5.41, 5.74) is 4.79.